The summed E-state index contributed by atoms with van der Waals surface area (Å²) in [6.07, 6.45) is 20.9. The Balaban J connectivity index is 1.14. The summed E-state index contributed by atoms with van der Waals surface area (Å²) in [5, 5.41) is 5.59. The molecule has 0 radical (unpaired) electrons. The standard InChI is InChI=1S/C39H61NO3S/c1-5-6-7-8-9-10-11-12-13-15-33(35-16-14-23-44-35)40-36(43)24-27(2)30-17-18-31-37-32(20-22-39(30,31)4)38(3)21-19-29(41)25-28(38)26-34(37)42/h14,16,23,27-28,30-33,37H,5-13,15,17-22,24-26H2,1-4H3,(H,40,43)/t27-,28?,30?,31+,32+,33?,37?,38?,39?/m1/s1. The van der Waals surface area contributed by atoms with Gasteiger partial charge in [0.25, 0.3) is 0 Å². The van der Waals surface area contributed by atoms with E-state index in [0.717, 1.165) is 38.5 Å². The summed E-state index contributed by atoms with van der Waals surface area (Å²) >= 11 is 1.76. The first-order valence-electron chi connectivity index (χ1n) is 18.5. The number of hydrogen-bond donors (Lipinski definition) is 1. The summed E-state index contributed by atoms with van der Waals surface area (Å²) in [5.41, 5.74) is 0.275. The molecule has 0 spiro atoms. The van der Waals surface area contributed by atoms with Crippen molar-refractivity contribution < 1.29 is 14.4 Å². The van der Waals surface area contributed by atoms with Crippen LogP contribution in [0.3, 0.4) is 0 Å². The van der Waals surface area contributed by atoms with Crippen LogP contribution >= 0.6 is 11.3 Å². The van der Waals surface area contributed by atoms with E-state index in [1.54, 1.807) is 11.3 Å². The van der Waals surface area contributed by atoms with Gasteiger partial charge in [-0.05, 0) is 90.4 Å². The molecule has 6 unspecified atom stereocenters. The number of nitrogens with one attached hydrogen (secondary N) is 1. The fourth-order valence-corrected chi connectivity index (χ4v) is 11.6. The number of rotatable bonds is 15. The highest BCUT2D eigenvalue weighted by Gasteiger charge is 2.63. The molecule has 0 bridgehead atoms. The topological polar surface area (TPSA) is 63.2 Å². The molecule has 4 aliphatic rings. The van der Waals surface area contributed by atoms with Crippen LogP contribution in [-0.2, 0) is 14.4 Å². The second kappa shape index (κ2) is 14.9. The van der Waals surface area contributed by atoms with Crippen LogP contribution in [0.5, 0.6) is 0 Å². The molecule has 4 aliphatic carbocycles. The molecule has 1 heterocycles. The van der Waals surface area contributed by atoms with Crippen LogP contribution in [0.2, 0.25) is 0 Å². The highest BCUT2D eigenvalue weighted by atomic mass is 32.1. The zero-order valence-corrected chi connectivity index (χ0v) is 29.2. The van der Waals surface area contributed by atoms with Crippen LogP contribution in [0.25, 0.3) is 0 Å². The number of hydrogen-bond acceptors (Lipinski definition) is 4. The predicted molar refractivity (Wildman–Crippen MR) is 181 cm³/mol. The van der Waals surface area contributed by atoms with Crippen molar-refractivity contribution in [1.82, 2.24) is 5.32 Å². The number of unbranched alkanes of at least 4 members (excludes halogenated alkanes) is 8. The lowest BCUT2D eigenvalue weighted by atomic mass is 9.44. The number of ketones is 2. The first-order chi connectivity index (χ1) is 21.2. The highest BCUT2D eigenvalue weighted by molar-refractivity contribution is 7.10. The van der Waals surface area contributed by atoms with Crippen LogP contribution in [-0.4, -0.2) is 17.5 Å². The summed E-state index contributed by atoms with van der Waals surface area (Å²) in [5.74, 6) is 3.10. The Bertz CT molecular complexity index is 1110. The molecule has 1 amide bonds. The van der Waals surface area contributed by atoms with E-state index in [2.05, 4.69) is 50.5 Å². The van der Waals surface area contributed by atoms with E-state index in [-0.39, 0.29) is 34.6 Å². The number of carbonyl (C=O) groups excluding carboxylic acids is 3. The Kier molecular flexibility index (Phi) is 11.5. The Morgan fingerprint density at radius 3 is 2.34 bits per heavy atom. The molecule has 1 aromatic heterocycles. The van der Waals surface area contributed by atoms with Gasteiger partial charge in [0.1, 0.15) is 11.6 Å². The molecule has 4 saturated carbocycles. The van der Waals surface area contributed by atoms with Crippen LogP contribution in [0.4, 0.5) is 0 Å². The van der Waals surface area contributed by atoms with Gasteiger partial charge in [-0.3, -0.25) is 14.4 Å². The third-order valence-corrected chi connectivity index (χ3v) is 14.4. The zero-order valence-electron chi connectivity index (χ0n) is 28.3. The SMILES string of the molecule is CCCCCCCCCCCC(NC(=O)C[C@@H](C)C1CC[C@H]2C3C(=O)CC4CC(=O)CCC4(C)[C@H]3CCC12C)c1cccs1. The fourth-order valence-electron chi connectivity index (χ4n) is 10.8. The average molecular weight is 624 g/mol. The van der Waals surface area contributed by atoms with Gasteiger partial charge in [0.05, 0.1) is 6.04 Å². The average Bonchev–Trinajstić information content (AvgIpc) is 3.65. The van der Waals surface area contributed by atoms with Crippen LogP contribution in [0, 0.1) is 46.3 Å². The normalized spacial score (nSPS) is 34.6. The second-order valence-corrected chi connectivity index (χ2v) is 17.0. The molecule has 44 heavy (non-hydrogen) atoms. The lowest BCUT2D eigenvalue weighted by Gasteiger charge is -2.59. The molecule has 4 fully saturated rings. The van der Waals surface area contributed by atoms with Gasteiger partial charge in [-0.15, -0.1) is 11.3 Å². The molecule has 5 rings (SSSR count). The van der Waals surface area contributed by atoms with Crippen molar-refractivity contribution >= 4 is 28.8 Å². The Morgan fingerprint density at radius 2 is 1.64 bits per heavy atom. The quantitative estimate of drug-likeness (QED) is 0.198. The van der Waals surface area contributed by atoms with Crippen molar-refractivity contribution in [3.8, 4) is 0 Å². The van der Waals surface area contributed by atoms with Crippen LogP contribution in [0.1, 0.15) is 161 Å². The van der Waals surface area contributed by atoms with E-state index in [9.17, 15) is 14.4 Å². The molecule has 0 saturated heterocycles. The summed E-state index contributed by atoms with van der Waals surface area (Å²) in [6.45, 7) is 9.45. The van der Waals surface area contributed by atoms with Crippen molar-refractivity contribution in [3.63, 3.8) is 0 Å². The lowest BCUT2D eigenvalue weighted by Crippen LogP contribution is -2.57. The minimum absolute atomic E-state index is 0.123. The summed E-state index contributed by atoms with van der Waals surface area (Å²) in [6, 6.07) is 4.41. The van der Waals surface area contributed by atoms with E-state index < -0.39 is 0 Å². The molecule has 0 aromatic carbocycles. The van der Waals surface area contributed by atoms with Gasteiger partial charge >= 0.3 is 0 Å². The minimum atomic E-state index is 0.123. The van der Waals surface area contributed by atoms with E-state index in [0.29, 0.717) is 60.9 Å². The van der Waals surface area contributed by atoms with Gasteiger partial charge < -0.3 is 5.32 Å². The fraction of sp³-hybridized carbons (Fsp3) is 0.821. The zero-order chi connectivity index (χ0) is 31.3. The molecule has 9 atom stereocenters. The van der Waals surface area contributed by atoms with E-state index in [4.69, 9.17) is 0 Å². The van der Waals surface area contributed by atoms with Crippen molar-refractivity contribution in [2.75, 3.05) is 0 Å². The van der Waals surface area contributed by atoms with Crippen molar-refractivity contribution in [2.45, 2.75) is 156 Å². The van der Waals surface area contributed by atoms with Gasteiger partial charge in [0.2, 0.25) is 5.91 Å². The number of amides is 1. The number of carbonyl (C=O) groups is 3. The molecule has 246 valence electrons. The van der Waals surface area contributed by atoms with Gasteiger partial charge in [-0.25, -0.2) is 0 Å². The van der Waals surface area contributed by atoms with Crippen molar-refractivity contribution in [1.29, 1.82) is 0 Å². The van der Waals surface area contributed by atoms with Crippen molar-refractivity contribution in [3.05, 3.63) is 22.4 Å². The largest absolute Gasteiger partial charge is 0.348 e. The first-order valence-corrected chi connectivity index (χ1v) is 19.4. The van der Waals surface area contributed by atoms with E-state index in [1.165, 1.54) is 62.7 Å². The molecular weight excluding hydrogens is 563 g/mol. The second-order valence-electron chi connectivity index (χ2n) is 16.0. The van der Waals surface area contributed by atoms with Gasteiger partial charge in [-0.2, -0.15) is 0 Å². The number of fused-ring (bicyclic) bond motifs is 5. The Hall–Kier alpha value is -1.49. The smallest absolute Gasteiger partial charge is 0.220 e. The maximum Gasteiger partial charge on any atom is 0.220 e. The van der Waals surface area contributed by atoms with E-state index in [1.807, 2.05) is 0 Å². The maximum absolute atomic E-state index is 13.7. The summed E-state index contributed by atoms with van der Waals surface area (Å²) < 4.78 is 0. The summed E-state index contributed by atoms with van der Waals surface area (Å²) in [4.78, 5) is 40.9. The molecule has 0 aliphatic heterocycles. The molecular formula is C39H61NO3S. The van der Waals surface area contributed by atoms with Gasteiger partial charge in [-0.1, -0.05) is 91.5 Å². The molecule has 4 nitrogen and oxygen atoms in total. The third-order valence-electron chi connectivity index (χ3n) is 13.4. The maximum atomic E-state index is 13.7. The van der Waals surface area contributed by atoms with Crippen LogP contribution in [0.15, 0.2) is 17.5 Å². The monoisotopic (exact) mass is 623 g/mol. The Morgan fingerprint density at radius 1 is 0.932 bits per heavy atom. The minimum Gasteiger partial charge on any atom is -0.348 e. The van der Waals surface area contributed by atoms with Crippen LogP contribution < -0.4 is 5.32 Å². The number of thiophene rings is 1. The molecule has 1 N–H and O–H groups in total. The van der Waals surface area contributed by atoms with Gasteiger partial charge in [0, 0.05) is 36.5 Å². The Labute approximate surface area is 272 Å². The predicted octanol–water partition coefficient (Wildman–Crippen LogP) is 10.3. The van der Waals surface area contributed by atoms with Gasteiger partial charge in [0.15, 0.2) is 0 Å². The lowest BCUT2D eigenvalue weighted by molar-refractivity contribution is -0.159. The summed E-state index contributed by atoms with van der Waals surface area (Å²) in [7, 11) is 0. The molecule has 5 heteroatoms. The van der Waals surface area contributed by atoms with Crippen molar-refractivity contribution in [2.24, 2.45) is 46.3 Å². The third kappa shape index (κ3) is 7.23. The number of Topliss-reactive ketones (excluding diaryl/α,β-unsaturated/α-hetero) is 2. The molecule has 1 aromatic rings. The van der Waals surface area contributed by atoms with E-state index >= 15 is 0 Å². The highest BCUT2D eigenvalue weighted by Crippen LogP contribution is 2.67. The first kappa shape index (κ1) is 33.9.